The minimum Gasteiger partial charge on any atom is -0.478 e. The summed E-state index contributed by atoms with van der Waals surface area (Å²) in [5, 5.41) is 9.76. The van der Waals surface area contributed by atoms with E-state index in [1.54, 1.807) is 12.1 Å². The van der Waals surface area contributed by atoms with Crippen LogP contribution in [0.3, 0.4) is 0 Å². The molecule has 0 aliphatic carbocycles. The first-order valence-electron chi connectivity index (χ1n) is 12.2. The molecule has 1 N–H and O–H groups in total. The molecule has 39 heavy (non-hydrogen) atoms. The van der Waals surface area contributed by atoms with Gasteiger partial charge in [0, 0.05) is 24.0 Å². The normalized spacial score (nSPS) is 13.5. The van der Waals surface area contributed by atoms with Gasteiger partial charge >= 0.3 is 5.97 Å². The molecule has 3 aromatic carbocycles. The van der Waals surface area contributed by atoms with Crippen molar-refractivity contribution in [1.82, 2.24) is 0 Å². The fraction of sp³-hybridized carbons (Fsp3) is 0.129. The van der Waals surface area contributed by atoms with Crippen molar-refractivity contribution in [2.45, 2.75) is 26.7 Å². The molecular weight excluding hydrogens is 496 g/mol. The predicted octanol–water partition coefficient (Wildman–Crippen LogP) is 4.51. The van der Waals surface area contributed by atoms with E-state index in [2.05, 4.69) is 23.7 Å². The van der Waals surface area contributed by atoms with Crippen LogP contribution in [0.5, 0.6) is 0 Å². The smallest absolute Gasteiger partial charge is 0.335 e. The number of anilines is 2. The van der Waals surface area contributed by atoms with Crippen molar-refractivity contribution in [3.8, 4) is 23.7 Å². The highest BCUT2D eigenvalue weighted by Gasteiger charge is 2.40. The van der Waals surface area contributed by atoms with Gasteiger partial charge in [-0.25, -0.2) is 14.6 Å². The number of hydrogen-bond acceptors (Lipinski definition) is 5. The fourth-order valence-electron chi connectivity index (χ4n) is 4.46. The highest BCUT2D eigenvalue weighted by Crippen LogP contribution is 2.35. The van der Waals surface area contributed by atoms with Crippen molar-refractivity contribution in [3.05, 3.63) is 93.5 Å². The fourth-order valence-corrected chi connectivity index (χ4v) is 4.46. The van der Waals surface area contributed by atoms with Crippen LogP contribution in [0.25, 0.3) is 0 Å². The van der Waals surface area contributed by atoms with Crippen molar-refractivity contribution >= 4 is 41.0 Å². The lowest BCUT2D eigenvalue weighted by Gasteiger charge is -2.20. The number of imide groups is 2. The van der Waals surface area contributed by atoms with Crippen molar-refractivity contribution in [3.63, 3.8) is 0 Å². The topological polar surface area (TPSA) is 112 Å². The van der Waals surface area contributed by atoms with Gasteiger partial charge in [0.2, 0.25) is 0 Å². The molecule has 190 valence electrons. The molecule has 2 heterocycles. The van der Waals surface area contributed by atoms with Gasteiger partial charge in [0.25, 0.3) is 23.6 Å². The Morgan fingerprint density at radius 3 is 1.44 bits per heavy atom. The zero-order chi connectivity index (χ0) is 27.8. The van der Waals surface area contributed by atoms with Gasteiger partial charge in [0.1, 0.15) is 0 Å². The van der Waals surface area contributed by atoms with E-state index in [1.807, 2.05) is 13.8 Å². The second-order valence-corrected chi connectivity index (χ2v) is 8.77. The van der Waals surface area contributed by atoms with Crippen LogP contribution in [0.2, 0.25) is 0 Å². The van der Waals surface area contributed by atoms with E-state index in [9.17, 15) is 29.1 Å². The third-order valence-electron chi connectivity index (χ3n) is 6.26. The highest BCUT2D eigenvalue weighted by atomic mass is 16.4. The summed E-state index contributed by atoms with van der Waals surface area (Å²) in [5.41, 5.74) is 1.21. The van der Waals surface area contributed by atoms with Gasteiger partial charge in [0.05, 0.1) is 39.2 Å². The van der Waals surface area contributed by atoms with Crippen LogP contribution in [-0.4, -0.2) is 34.7 Å². The molecule has 0 fully saturated rings. The van der Waals surface area contributed by atoms with E-state index in [0.29, 0.717) is 24.0 Å². The second kappa shape index (κ2) is 9.77. The Bertz CT molecular complexity index is 1640. The standard InChI is InChI=1S/C31H20N2O6/c1-3-5-7-18-9-11-23-25(13-18)29(36)32(27(23)34)21-15-20(31(38)39)16-22(17-21)33-28(35)24-12-10-19(8-6-4-2)14-26(24)30(33)37/h9-17H,3-4H2,1-2H3,(H,38,39). The Labute approximate surface area is 223 Å². The number of carbonyl (C=O) groups is 5. The van der Waals surface area contributed by atoms with Gasteiger partial charge < -0.3 is 5.11 Å². The third kappa shape index (κ3) is 4.24. The number of amides is 4. The van der Waals surface area contributed by atoms with Crippen LogP contribution in [0, 0.1) is 23.7 Å². The maximum atomic E-state index is 13.3. The number of carboxylic acids is 1. The number of rotatable bonds is 3. The molecule has 0 aromatic heterocycles. The average molecular weight is 517 g/mol. The van der Waals surface area contributed by atoms with E-state index in [4.69, 9.17) is 0 Å². The molecule has 0 atom stereocenters. The van der Waals surface area contributed by atoms with Gasteiger partial charge in [-0.15, -0.1) is 0 Å². The van der Waals surface area contributed by atoms with Gasteiger partial charge in [0.15, 0.2) is 0 Å². The molecular formula is C31H20N2O6. The maximum absolute atomic E-state index is 13.3. The summed E-state index contributed by atoms with van der Waals surface area (Å²) in [4.78, 5) is 66.8. The molecule has 0 saturated carbocycles. The Hall–Kier alpha value is -5.47. The average Bonchev–Trinajstić information content (AvgIpc) is 3.33. The Morgan fingerprint density at radius 2 is 1.05 bits per heavy atom. The third-order valence-corrected chi connectivity index (χ3v) is 6.26. The lowest BCUT2D eigenvalue weighted by Crippen LogP contribution is -2.32. The minimum atomic E-state index is -1.36. The van der Waals surface area contributed by atoms with Gasteiger partial charge in [-0.2, -0.15) is 0 Å². The predicted molar refractivity (Wildman–Crippen MR) is 143 cm³/mol. The molecule has 5 rings (SSSR count). The van der Waals surface area contributed by atoms with Crippen LogP contribution in [0.1, 0.15) is 89.6 Å². The van der Waals surface area contributed by atoms with Crippen LogP contribution in [0.15, 0.2) is 54.6 Å². The molecule has 8 heteroatoms. The number of hydrogen-bond donors (Lipinski definition) is 1. The Balaban J connectivity index is 1.58. The Morgan fingerprint density at radius 1 is 0.641 bits per heavy atom. The minimum absolute atomic E-state index is 0.0802. The zero-order valence-corrected chi connectivity index (χ0v) is 21.0. The summed E-state index contributed by atoms with van der Waals surface area (Å²) in [5.74, 6) is 7.67. The molecule has 2 aliphatic rings. The number of fused-ring (bicyclic) bond motifs is 2. The van der Waals surface area contributed by atoms with Crippen molar-refractivity contribution in [2.24, 2.45) is 0 Å². The van der Waals surface area contributed by atoms with E-state index in [0.717, 1.165) is 21.9 Å². The zero-order valence-electron chi connectivity index (χ0n) is 21.0. The van der Waals surface area contributed by atoms with E-state index >= 15 is 0 Å². The van der Waals surface area contributed by atoms with Crippen molar-refractivity contribution in [1.29, 1.82) is 0 Å². The number of carboxylic acid groups (broad SMARTS) is 1. The van der Waals surface area contributed by atoms with Crippen molar-refractivity contribution < 1.29 is 29.1 Å². The first-order valence-corrected chi connectivity index (χ1v) is 12.2. The quantitative estimate of drug-likeness (QED) is 0.405. The lowest BCUT2D eigenvalue weighted by atomic mass is 10.1. The van der Waals surface area contributed by atoms with Gasteiger partial charge in [-0.1, -0.05) is 37.5 Å². The first kappa shape index (κ1) is 25.2. The molecule has 4 amide bonds. The largest absolute Gasteiger partial charge is 0.478 e. The molecule has 0 unspecified atom stereocenters. The molecule has 2 aliphatic heterocycles. The molecule has 8 nitrogen and oxygen atoms in total. The maximum Gasteiger partial charge on any atom is 0.335 e. The number of nitrogens with zero attached hydrogens (tertiary/aromatic N) is 2. The summed E-state index contributed by atoms with van der Waals surface area (Å²) in [6.07, 6.45) is 1.23. The Kier molecular flexibility index (Phi) is 6.31. The van der Waals surface area contributed by atoms with Gasteiger partial charge in [-0.05, 0) is 54.6 Å². The molecule has 3 aromatic rings. The number of benzene rings is 3. The highest BCUT2D eigenvalue weighted by molar-refractivity contribution is 6.36. The summed E-state index contributed by atoms with van der Waals surface area (Å²) in [6.45, 7) is 3.77. The van der Waals surface area contributed by atoms with E-state index in [1.165, 1.54) is 30.3 Å². The lowest BCUT2D eigenvalue weighted by molar-refractivity contribution is 0.0694. The summed E-state index contributed by atoms with van der Waals surface area (Å²) >= 11 is 0. The number of aromatic carboxylic acids is 1. The molecule has 0 spiro atoms. The second-order valence-electron chi connectivity index (χ2n) is 8.77. The first-order chi connectivity index (χ1) is 18.7. The van der Waals surface area contributed by atoms with Crippen LogP contribution < -0.4 is 9.80 Å². The molecule has 0 saturated heterocycles. The monoisotopic (exact) mass is 516 g/mol. The van der Waals surface area contributed by atoms with E-state index < -0.39 is 29.6 Å². The van der Waals surface area contributed by atoms with Crippen LogP contribution >= 0.6 is 0 Å². The molecule has 0 radical (unpaired) electrons. The van der Waals surface area contributed by atoms with E-state index in [-0.39, 0.29) is 39.2 Å². The van der Waals surface area contributed by atoms with Crippen molar-refractivity contribution in [2.75, 3.05) is 9.80 Å². The van der Waals surface area contributed by atoms with Crippen LogP contribution in [0.4, 0.5) is 11.4 Å². The van der Waals surface area contributed by atoms with Gasteiger partial charge in [-0.3, -0.25) is 19.2 Å². The summed E-state index contributed by atoms with van der Waals surface area (Å²) in [7, 11) is 0. The summed E-state index contributed by atoms with van der Waals surface area (Å²) in [6, 6.07) is 12.9. The summed E-state index contributed by atoms with van der Waals surface area (Å²) < 4.78 is 0. The van der Waals surface area contributed by atoms with Crippen LogP contribution in [-0.2, 0) is 0 Å². The SMILES string of the molecule is CCC#Cc1ccc2c(c1)C(=O)N(c1cc(C(=O)O)cc(N3C(=O)c4ccc(C#CCC)cc4C3=O)c1)C2=O. The number of carbonyl (C=O) groups excluding carboxylic acids is 4. The molecule has 0 bridgehead atoms.